The van der Waals surface area contributed by atoms with Gasteiger partial charge in [-0.05, 0) is 23.3 Å². The van der Waals surface area contributed by atoms with Crippen LogP contribution in [0, 0.1) is 10.8 Å². The number of Topliss-reactive ketones (excluding diaryl/α,β-unsaturated/α-hetero) is 1. The van der Waals surface area contributed by atoms with E-state index >= 15 is 0 Å². The quantitative estimate of drug-likeness (QED) is 0.387. The molecule has 0 unspecified atom stereocenters. The van der Waals surface area contributed by atoms with E-state index < -0.39 is 5.54 Å². The number of carbonyl (C=O) groups excluding carboxylic acids is 1. The molecule has 4 heteroatoms. The zero-order valence-corrected chi connectivity index (χ0v) is 12.9. The van der Waals surface area contributed by atoms with Crippen LogP contribution in [-0.4, -0.2) is 11.3 Å². The Kier molecular flexibility index (Phi) is 3.70. The lowest BCUT2D eigenvalue weighted by molar-refractivity contribution is -0.114. The van der Waals surface area contributed by atoms with E-state index in [1.807, 2.05) is 48.5 Å². The summed E-state index contributed by atoms with van der Waals surface area (Å²) < 4.78 is 0. The summed E-state index contributed by atoms with van der Waals surface area (Å²) in [7, 11) is 0. The molecule has 0 bridgehead atoms. The molecule has 104 valence electrons. The number of allylic oxidation sites excluding steroid dienone is 2. The fraction of sp³-hybridized carbons (Fsp3) is 0.667. The minimum absolute atomic E-state index is 0.0608. The number of nitrogens with zero attached hydrogens (tertiary/aromatic N) is 3. The summed E-state index contributed by atoms with van der Waals surface area (Å²) in [5, 5.41) is 3.85. The van der Waals surface area contributed by atoms with Crippen LogP contribution < -0.4 is 0 Å². The summed E-state index contributed by atoms with van der Waals surface area (Å²) in [6.07, 6.45) is 3.59. The number of hydrogen-bond donors (Lipinski definition) is 0. The molecule has 0 heterocycles. The van der Waals surface area contributed by atoms with Crippen LogP contribution in [0.1, 0.15) is 48.5 Å². The zero-order valence-electron chi connectivity index (χ0n) is 12.9. The maximum atomic E-state index is 12.6. The standard InChI is InChI=1S/C15H23N3O/c1-13(2,3)10-8-15(7,17-18-16)9-11(12(10)19)14(4,5)6/h8-9H,1-7H3. The largest absolute Gasteiger partial charge is 0.289 e. The minimum atomic E-state index is -0.770. The van der Waals surface area contributed by atoms with Crippen molar-refractivity contribution >= 4 is 5.78 Å². The second-order valence-corrected chi connectivity index (χ2v) is 7.36. The Morgan fingerprint density at radius 2 is 1.42 bits per heavy atom. The molecule has 19 heavy (non-hydrogen) atoms. The van der Waals surface area contributed by atoms with E-state index in [1.165, 1.54) is 0 Å². The SMILES string of the molecule is CC1(N=[N+]=[N-])C=C(C(C)(C)C)C(=O)C(C(C)(C)C)=C1. The predicted molar refractivity (Wildman–Crippen MR) is 77.6 cm³/mol. The smallest absolute Gasteiger partial charge is 0.185 e. The molecule has 0 N–H and O–H groups in total. The number of ketones is 1. The first kappa shape index (κ1) is 15.5. The highest BCUT2D eigenvalue weighted by Gasteiger charge is 2.38. The number of rotatable bonds is 1. The molecule has 1 aliphatic carbocycles. The first-order valence-electron chi connectivity index (χ1n) is 6.48. The van der Waals surface area contributed by atoms with Gasteiger partial charge in [0, 0.05) is 16.1 Å². The minimum Gasteiger partial charge on any atom is -0.289 e. The van der Waals surface area contributed by atoms with E-state index in [0.29, 0.717) is 0 Å². The van der Waals surface area contributed by atoms with Crippen LogP contribution in [0.15, 0.2) is 28.4 Å². The summed E-state index contributed by atoms with van der Waals surface area (Å²) in [4.78, 5) is 15.6. The highest BCUT2D eigenvalue weighted by molar-refractivity contribution is 6.11. The van der Waals surface area contributed by atoms with Gasteiger partial charge in [0.1, 0.15) is 0 Å². The summed E-state index contributed by atoms with van der Waals surface area (Å²) >= 11 is 0. The Morgan fingerprint density at radius 1 is 1.05 bits per heavy atom. The average molecular weight is 261 g/mol. The van der Waals surface area contributed by atoms with E-state index in [0.717, 1.165) is 11.1 Å². The Labute approximate surface area is 115 Å². The van der Waals surface area contributed by atoms with Gasteiger partial charge in [-0.3, -0.25) is 4.79 Å². The molecule has 1 rings (SSSR count). The summed E-state index contributed by atoms with van der Waals surface area (Å²) in [6, 6.07) is 0. The van der Waals surface area contributed by atoms with Crippen LogP contribution in [0.25, 0.3) is 10.4 Å². The van der Waals surface area contributed by atoms with Crippen molar-refractivity contribution < 1.29 is 4.79 Å². The number of hydrogen-bond acceptors (Lipinski definition) is 2. The molecule has 0 saturated heterocycles. The monoisotopic (exact) mass is 261 g/mol. The van der Waals surface area contributed by atoms with Crippen molar-refractivity contribution in [2.45, 2.75) is 54.0 Å². The normalized spacial score (nSPS) is 19.4. The van der Waals surface area contributed by atoms with Gasteiger partial charge in [0.2, 0.25) is 0 Å². The van der Waals surface area contributed by atoms with Crippen LogP contribution in [0.4, 0.5) is 0 Å². The van der Waals surface area contributed by atoms with Gasteiger partial charge in [-0.25, -0.2) is 0 Å². The maximum absolute atomic E-state index is 12.6. The highest BCUT2D eigenvalue weighted by Crippen LogP contribution is 2.41. The highest BCUT2D eigenvalue weighted by atomic mass is 16.1. The first-order chi connectivity index (χ1) is 8.41. The Balaban J connectivity index is 3.51. The fourth-order valence-corrected chi connectivity index (χ4v) is 2.17. The van der Waals surface area contributed by atoms with Crippen molar-refractivity contribution in [2.75, 3.05) is 0 Å². The van der Waals surface area contributed by atoms with Gasteiger partial charge in [-0.1, -0.05) is 58.8 Å². The third kappa shape index (κ3) is 3.27. The lowest BCUT2D eigenvalue weighted by Crippen LogP contribution is -2.34. The van der Waals surface area contributed by atoms with Crippen LogP contribution in [0.3, 0.4) is 0 Å². The maximum Gasteiger partial charge on any atom is 0.185 e. The molecule has 0 radical (unpaired) electrons. The van der Waals surface area contributed by atoms with Crippen molar-refractivity contribution in [1.29, 1.82) is 0 Å². The second kappa shape index (κ2) is 4.53. The van der Waals surface area contributed by atoms with Crippen LogP contribution >= 0.6 is 0 Å². The molecule has 1 aliphatic rings. The predicted octanol–water partition coefficient (Wildman–Crippen LogP) is 4.58. The van der Waals surface area contributed by atoms with Gasteiger partial charge >= 0.3 is 0 Å². The second-order valence-electron chi connectivity index (χ2n) is 7.36. The molecular formula is C15H23N3O. The topological polar surface area (TPSA) is 65.8 Å². The molecule has 0 atom stereocenters. The lowest BCUT2D eigenvalue weighted by Gasteiger charge is -2.35. The average Bonchev–Trinajstić information content (AvgIpc) is 2.18. The van der Waals surface area contributed by atoms with E-state index in [9.17, 15) is 4.79 Å². The van der Waals surface area contributed by atoms with Crippen molar-refractivity contribution in [3.8, 4) is 0 Å². The van der Waals surface area contributed by atoms with Gasteiger partial charge in [-0.15, -0.1) is 0 Å². The fourth-order valence-electron chi connectivity index (χ4n) is 2.17. The van der Waals surface area contributed by atoms with Crippen molar-refractivity contribution in [1.82, 2.24) is 0 Å². The first-order valence-corrected chi connectivity index (χ1v) is 6.48. The molecule has 0 spiro atoms. The van der Waals surface area contributed by atoms with Crippen molar-refractivity contribution in [3.05, 3.63) is 33.7 Å². The molecule has 0 aliphatic heterocycles. The van der Waals surface area contributed by atoms with Crippen molar-refractivity contribution in [3.63, 3.8) is 0 Å². The van der Waals surface area contributed by atoms with Crippen LogP contribution in [-0.2, 0) is 4.79 Å². The molecular weight excluding hydrogens is 238 g/mol. The van der Waals surface area contributed by atoms with Gasteiger partial charge < -0.3 is 0 Å². The lowest BCUT2D eigenvalue weighted by atomic mass is 9.69. The van der Waals surface area contributed by atoms with E-state index in [4.69, 9.17) is 5.53 Å². The van der Waals surface area contributed by atoms with E-state index in [2.05, 4.69) is 10.0 Å². The summed E-state index contributed by atoms with van der Waals surface area (Å²) in [5.74, 6) is 0.0608. The van der Waals surface area contributed by atoms with Gasteiger partial charge in [-0.2, -0.15) is 0 Å². The Morgan fingerprint density at radius 3 is 1.68 bits per heavy atom. The van der Waals surface area contributed by atoms with Crippen LogP contribution in [0.2, 0.25) is 0 Å². The molecule has 0 aromatic heterocycles. The van der Waals surface area contributed by atoms with E-state index in [-0.39, 0.29) is 16.6 Å². The number of azide groups is 1. The van der Waals surface area contributed by atoms with Gasteiger partial charge in [0.05, 0.1) is 5.54 Å². The Bertz CT molecular complexity index is 472. The molecule has 0 saturated carbocycles. The molecule has 0 fully saturated rings. The zero-order chi connectivity index (χ0) is 15.1. The molecule has 0 amide bonds. The summed E-state index contributed by atoms with van der Waals surface area (Å²) in [6.45, 7) is 13.8. The molecule has 4 nitrogen and oxygen atoms in total. The van der Waals surface area contributed by atoms with E-state index in [1.54, 1.807) is 12.2 Å². The van der Waals surface area contributed by atoms with Crippen LogP contribution in [0.5, 0.6) is 0 Å². The number of carbonyl (C=O) groups is 1. The third-order valence-corrected chi connectivity index (χ3v) is 3.24. The molecule has 0 aromatic carbocycles. The Hall–Kier alpha value is -1.54. The summed E-state index contributed by atoms with van der Waals surface area (Å²) in [5.41, 5.74) is 8.87. The third-order valence-electron chi connectivity index (χ3n) is 3.24. The van der Waals surface area contributed by atoms with Gasteiger partial charge in [0.25, 0.3) is 0 Å². The molecule has 0 aromatic rings. The van der Waals surface area contributed by atoms with Gasteiger partial charge in [0.15, 0.2) is 5.78 Å². The van der Waals surface area contributed by atoms with Crippen molar-refractivity contribution in [2.24, 2.45) is 15.9 Å².